The molecule has 0 saturated carbocycles. The van der Waals surface area contributed by atoms with Crippen molar-refractivity contribution in [2.75, 3.05) is 53.1 Å². The van der Waals surface area contributed by atoms with Crippen LogP contribution in [0, 0.1) is 0 Å². The topological polar surface area (TPSA) is 132 Å². The average molecular weight is 506 g/mol. The minimum absolute atomic E-state index is 0.00648. The predicted octanol–water partition coefficient (Wildman–Crippen LogP) is 0.786. The van der Waals surface area contributed by atoms with E-state index in [1.807, 2.05) is 0 Å². The van der Waals surface area contributed by atoms with Crippen molar-refractivity contribution < 1.29 is 37.0 Å². The van der Waals surface area contributed by atoms with Gasteiger partial charge in [0.2, 0.25) is 15.9 Å². The Hall–Kier alpha value is -3.51. The van der Waals surface area contributed by atoms with E-state index in [1.54, 1.807) is 30.3 Å². The zero-order chi connectivity index (χ0) is 24.8. The van der Waals surface area contributed by atoms with Crippen molar-refractivity contribution in [1.82, 2.24) is 14.9 Å². The van der Waals surface area contributed by atoms with Crippen molar-refractivity contribution >= 4 is 21.8 Å². The van der Waals surface area contributed by atoms with Gasteiger partial charge in [-0.3, -0.25) is 9.59 Å². The van der Waals surface area contributed by atoms with Gasteiger partial charge in [0.25, 0.3) is 5.91 Å². The molecule has 2 aliphatic heterocycles. The number of hydrogen-bond donors (Lipinski definition) is 2. The van der Waals surface area contributed by atoms with Gasteiger partial charge in [0.05, 0.1) is 25.8 Å². The van der Waals surface area contributed by atoms with Gasteiger partial charge >= 0.3 is 0 Å². The maximum Gasteiger partial charge on any atom is 0.255 e. The van der Waals surface area contributed by atoms with Crippen molar-refractivity contribution in [1.29, 1.82) is 0 Å². The number of ether oxygens (including phenoxy) is 4. The summed E-state index contributed by atoms with van der Waals surface area (Å²) in [4.78, 5) is 25.3. The summed E-state index contributed by atoms with van der Waals surface area (Å²) in [5.41, 5.74) is 0.312. The molecule has 0 aliphatic carbocycles. The van der Waals surface area contributed by atoms with E-state index in [9.17, 15) is 18.0 Å². The molecule has 2 N–H and O–H groups in total. The maximum atomic E-state index is 13.5. The Kier molecular flexibility index (Phi) is 7.61. The largest absolute Gasteiger partial charge is 0.497 e. The molecule has 0 fully saturated rings. The Morgan fingerprint density at radius 1 is 0.943 bits per heavy atom. The molecule has 0 unspecified atom stereocenters. The molecule has 11 nitrogen and oxygen atoms in total. The van der Waals surface area contributed by atoms with Crippen LogP contribution in [0.2, 0.25) is 0 Å². The lowest BCUT2D eigenvalue weighted by Gasteiger charge is -2.26. The summed E-state index contributed by atoms with van der Waals surface area (Å²) in [7, 11) is -2.59. The van der Waals surface area contributed by atoms with E-state index in [4.69, 9.17) is 18.9 Å². The number of rotatable bonds is 3. The van der Waals surface area contributed by atoms with Crippen molar-refractivity contribution in [3.05, 3.63) is 42.0 Å². The number of methoxy groups -OCH3 is 1. The zero-order valence-electron chi connectivity index (χ0n) is 19.2. The molecular formula is C23H27N3O8S. The van der Waals surface area contributed by atoms with Crippen LogP contribution < -0.4 is 29.6 Å². The molecule has 0 radical (unpaired) electrons. The number of nitrogens with zero attached hydrogens (tertiary/aromatic N) is 1. The van der Waals surface area contributed by atoms with Crippen molar-refractivity contribution in [2.24, 2.45) is 0 Å². The fourth-order valence-electron chi connectivity index (χ4n) is 3.73. The van der Waals surface area contributed by atoms with Gasteiger partial charge < -0.3 is 29.6 Å². The number of carbonyl (C=O) groups excluding carboxylic acids is 2. The first-order chi connectivity index (χ1) is 16.9. The summed E-state index contributed by atoms with van der Waals surface area (Å²) < 4.78 is 50.1. The van der Waals surface area contributed by atoms with Crippen LogP contribution in [-0.2, 0) is 14.8 Å². The zero-order valence-corrected chi connectivity index (χ0v) is 20.1. The van der Waals surface area contributed by atoms with Gasteiger partial charge in [0.15, 0.2) is 11.5 Å². The molecule has 4 rings (SSSR count). The van der Waals surface area contributed by atoms with Gasteiger partial charge in [-0.15, -0.1) is 0 Å². The number of para-hydroxylation sites is 1. The quantitative estimate of drug-likeness (QED) is 0.626. The third-order valence-corrected chi connectivity index (χ3v) is 7.32. The van der Waals surface area contributed by atoms with Crippen molar-refractivity contribution in [3.8, 4) is 23.0 Å². The Balaban J connectivity index is 1.55. The lowest BCUT2D eigenvalue weighted by molar-refractivity contribution is -0.121. The summed E-state index contributed by atoms with van der Waals surface area (Å²) in [6.45, 7) is 0.522. The Bertz CT molecular complexity index is 1200. The van der Waals surface area contributed by atoms with E-state index in [-0.39, 0.29) is 55.8 Å². The van der Waals surface area contributed by atoms with Crippen LogP contribution >= 0.6 is 0 Å². The van der Waals surface area contributed by atoms with Crippen LogP contribution in [0.4, 0.5) is 0 Å². The lowest BCUT2D eigenvalue weighted by atomic mass is 10.1. The molecule has 0 aromatic heterocycles. The third kappa shape index (κ3) is 5.60. The van der Waals surface area contributed by atoms with E-state index in [0.29, 0.717) is 29.4 Å². The summed E-state index contributed by atoms with van der Waals surface area (Å²) >= 11 is 0. The van der Waals surface area contributed by atoms with E-state index in [1.165, 1.54) is 13.2 Å². The molecule has 2 heterocycles. The van der Waals surface area contributed by atoms with E-state index in [2.05, 4.69) is 10.6 Å². The Labute approximate surface area is 203 Å². The summed E-state index contributed by atoms with van der Waals surface area (Å²) in [5, 5.41) is 5.44. The first-order valence-corrected chi connectivity index (χ1v) is 12.6. The van der Waals surface area contributed by atoms with Crippen LogP contribution in [0.3, 0.4) is 0 Å². The highest BCUT2D eigenvalue weighted by atomic mass is 32.2. The van der Waals surface area contributed by atoms with E-state index < -0.39 is 22.5 Å². The molecule has 2 aliphatic rings. The summed E-state index contributed by atoms with van der Waals surface area (Å²) in [6, 6.07) is 9.45. The number of nitrogens with one attached hydrogen (secondary N) is 2. The summed E-state index contributed by atoms with van der Waals surface area (Å²) in [5.74, 6) is 0.483. The molecule has 2 amide bonds. The molecule has 0 saturated heterocycles. The van der Waals surface area contributed by atoms with Crippen LogP contribution in [0.1, 0.15) is 16.8 Å². The first kappa shape index (κ1) is 24.6. The van der Waals surface area contributed by atoms with Crippen LogP contribution in [0.15, 0.2) is 41.3 Å². The molecule has 0 atom stereocenters. The molecule has 2 aromatic carbocycles. The fraction of sp³-hybridized carbons (Fsp3) is 0.391. The number of carbonyl (C=O) groups is 2. The number of benzene rings is 2. The van der Waals surface area contributed by atoms with Gasteiger partial charge in [0.1, 0.15) is 36.2 Å². The van der Waals surface area contributed by atoms with Crippen LogP contribution in [0.25, 0.3) is 0 Å². The predicted molar refractivity (Wildman–Crippen MR) is 125 cm³/mol. The minimum atomic E-state index is -4.10. The van der Waals surface area contributed by atoms with Gasteiger partial charge in [0, 0.05) is 19.2 Å². The SMILES string of the molecule is COc1ccc2c(c1)OCCNC(=O)CN(S(=O)(=O)c1cccc3c1OCCO3)CCCNC2=O. The molecule has 0 spiro atoms. The molecular weight excluding hydrogens is 478 g/mol. The number of sulfonamides is 1. The van der Waals surface area contributed by atoms with Crippen LogP contribution in [0.5, 0.6) is 23.0 Å². The fourth-order valence-corrected chi connectivity index (χ4v) is 5.31. The molecule has 12 heteroatoms. The molecule has 0 bridgehead atoms. The first-order valence-electron chi connectivity index (χ1n) is 11.1. The standard InChI is InChI=1S/C23H27N3O8S/c1-31-16-6-7-17-19(14-16)32-11-9-24-21(27)15-26(10-3-8-25-23(17)28)35(29,30)20-5-2-4-18-22(20)34-13-12-33-18/h2,4-7,14H,3,8-13,15H2,1H3,(H,24,27)(H,25,28). The van der Waals surface area contributed by atoms with Gasteiger partial charge in [-0.2, -0.15) is 4.31 Å². The highest BCUT2D eigenvalue weighted by molar-refractivity contribution is 7.89. The lowest BCUT2D eigenvalue weighted by Crippen LogP contribution is -2.43. The van der Waals surface area contributed by atoms with Crippen molar-refractivity contribution in [3.63, 3.8) is 0 Å². The molecule has 35 heavy (non-hydrogen) atoms. The van der Waals surface area contributed by atoms with Gasteiger partial charge in [-0.05, 0) is 30.7 Å². The Morgan fingerprint density at radius 2 is 1.74 bits per heavy atom. The van der Waals surface area contributed by atoms with Gasteiger partial charge in [-0.25, -0.2) is 8.42 Å². The second-order valence-corrected chi connectivity index (χ2v) is 9.70. The third-order valence-electron chi connectivity index (χ3n) is 5.45. The minimum Gasteiger partial charge on any atom is -0.497 e. The van der Waals surface area contributed by atoms with Gasteiger partial charge in [-0.1, -0.05) is 6.07 Å². The summed E-state index contributed by atoms with van der Waals surface area (Å²) in [6.07, 6.45) is 0.275. The van der Waals surface area contributed by atoms with Crippen LogP contribution in [-0.4, -0.2) is 77.6 Å². The normalized spacial score (nSPS) is 17.7. The molecule has 2 aromatic rings. The monoisotopic (exact) mass is 505 g/mol. The molecule has 188 valence electrons. The smallest absolute Gasteiger partial charge is 0.255 e. The second-order valence-electron chi connectivity index (χ2n) is 7.79. The van der Waals surface area contributed by atoms with E-state index in [0.717, 1.165) is 4.31 Å². The Morgan fingerprint density at radius 3 is 2.57 bits per heavy atom. The highest BCUT2D eigenvalue weighted by Crippen LogP contribution is 2.37. The number of fused-ring (bicyclic) bond motifs is 2. The maximum absolute atomic E-state index is 13.5. The van der Waals surface area contributed by atoms with Crippen molar-refractivity contribution in [2.45, 2.75) is 11.3 Å². The number of amides is 2. The average Bonchev–Trinajstić information content (AvgIpc) is 2.87. The highest BCUT2D eigenvalue weighted by Gasteiger charge is 2.32. The number of hydrogen-bond acceptors (Lipinski definition) is 8. The second kappa shape index (κ2) is 10.8. The van der Waals surface area contributed by atoms with E-state index >= 15 is 0 Å².